The van der Waals surface area contributed by atoms with E-state index in [9.17, 15) is 13.6 Å². The number of halogens is 3. The van der Waals surface area contributed by atoms with Gasteiger partial charge in [0, 0.05) is 12.4 Å². The van der Waals surface area contributed by atoms with Crippen molar-refractivity contribution in [2.24, 2.45) is 0 Å². The first-order valence-electron chi connectivity index (χ1n) is 6.74. The van der Waals surface area contributed by atoms with Crippen molar-refractivity contribution in [3.8, 4) is 11.5 Å². The van der Waals surface area contributed by atoms with Crippen molar-refractivity contribution >= 4 is 15.9 Å². The lowest BCUT2D eigenvalue weighted by atomic mass is 10.2. The Morgan fingerprint density at radius 2 is 2.04 bits per heavy atom. The predicted molar refractivity (Wildman–Crippen MR) is 82.5 cm³/mol. The molecule has 0 N–H and O–H groups in total. The summed E-state index contributed by atoms with van der Waals surface area (Å²) in [5.41, 5.74) is 0.791. The molecule has 10 heteroatoms. The molecular weight excluding hydrogens is 388 g/mol. The van der Waals surface area contributed by atoms with Crippen LogP contribution >= 0.6 is 15.9 Å². The molecule has 0 radical (unpaired) electrons. The molecule has 3 aromatic rings. The minimum Gasteiger partial charge on any atom is -0.415 e. The van der Waals surface area contributed by atoms with Crippen LogP contribution in [0, 0.1) is 6.92 Å². The number of aromatic nitrogens is 5. The maximum atomic E-state index is 12.5. The van der Waals surface area contributed by atoms with Gasteiger partial charge in [0.2, 0.25) is 5.89 Å². The molecule has 0 saturated carbocycles. The van der Waals surface area contributed by atoms with Crippen LogP contribution in [0.4, 0.5) is 8.78 Å². The lowest BCUT2D eigenvalue weighted by molar-refractivity contribution is 0.116. The van der Waals surface area contributed by atoms with Crippen LogP contribution in [0.1, 0.15) is 23.8 Å². The van der Waals surface area contributed by atoms with Crippen LogP contribution in [0.15, 0.2) is 38.2 Å². The molecule has 124 valence electrons. The van der Waals surface area contributed by atoms with Crippen molar-refractivity contribution in [1.82, 2.24) is 24.7 Å². The molecule has 3 rings (SSSR count). The molecule has 3 aromatic heterocycles. The van der Waals surface area contributed by atoms with E-state index < -0.39 is 12.3 Å². The predicted octanol–water partition coefficient (Wildman–Crippen LogP) is 2.75. The van der Waals surface area contributed by atoms with Crippen molar-refractivity contribution in [3.63, 3.8) is 0 Å². The number of rotatable bonds is 4. The molecule has 24 heavy (non-hydrogen) atoms. The highest BCUT2D eigenvalue weighted by atomic mass is 79.9. The van der Waals surface area contributed by atoms with Crippen LogP contribution in [0.25, 0.3) is 11.5 Å². The van der Waals surface area contributed by atoms with Gasteiger partial charge in [0.1, 0.15) is 10.3 Å². The quantitative estimate of drug-likeness (QED) is 0.672. The molecule has 0 amide bonds. The number of aryl methyl sites for hydroxylation is 1. The van der Waals surface area contributed by atoms with E-state index in [0.717, 1.165) is 0 Å². The van der Waals surface area contributed by atoms with Gasteiger partial charge in [-0.1, -0.05) is 0 Å². The number of hydrogen-bond acceptors (Lipinski definition) is 6. The minimum absolute atomic E-state index is 0.0400. The molecule has 3 heterocycles. The van der Waals surface area contributed by atoms with E-state index in [4.69, 9.17) is 4.42 Å². The summed E-state index contributed by atoms with van der Waals surface area (Å²) in [5.74, 6) is -0.231. The van der Waals surface area contributed by atoms with Crippen molar-refractivity contribution in [2.45, 2.75) is 19.9 Å². The SMILES string of the molecule is Cc1ncc(Br)c(=O)n1Cc1ccc(-c2nnc(C(F)F)o2)cn1. The van der Waals surface area contributed by atoms with E-state index in [1.165, 1.54) is 17.0 Å². The van der Waals surface area contributed by atoms with Gasteiger partial charge < -0.3 is 4.42 Å². The zero-order chi connectivity index (χ0) is 17.3. The van der Waals surface area contributed by atoms with E-state index in [1.807, 2.05) is 0 Å². The van der Waals surface area contributed by atoms with Crippen LogP contribution in [0.5, 0.6) is 0 Å². The van der Waals surface area contributed by atoms with Gasteiger partial charge in [-0.25, -0.2) is 4.98 Å². The first-order valence-corrected chi connectivity index (χ1v) is 7.54. The number of hydrogen-bond donors (Lipinski definition) is 0. The molecule has 0 aromatic carbocycles. The zero-order valence-corrected chi connectivity index (χ0v) is 13.9. The second kappa shape index (κ2) is 6.56. The Labute approximate surface area is 142 Å². The Kier molecular flexibility index (Phi) is 4.47. The molecule has 0 unspecified atom stereocenters. The van der Waals surface area contributed by atoms with E-state index in [1.54, 1.807) is 19.1 Å². The van der Waals surface area contributed by atoms with Crippen molar-refractivity contribution in [3.05, 3.63) is 56.8 Å². The maximum Gasteiger partial charge on any atom is 0.314 e. The summed E-state index contributed by atoms with van der Waals surface area (Å²) in [6, 6.07) is 3.26. The summed E-state index contributed by atoms with van der Waals surface area (Å²) >= 11 is 3.14. The van der Waals surface area contributed by atoms with Gasteiger partial charge in [-0.15, -0.1) is 10.2 Å². The highest BCUT2D eigenvalue weighted by Gasteiger charge is 2.17. The molecule has 0 atom stereocenters. The van der Waals surface area contributed by atoms with Gasteiger partial charge in [0.05, 0.1) is 17.8 Å². The van der Waals surface area contributed by atoms with Crippen LogP contribution in [-0.2, 0) is 6.54 Å². The molecule has 0 aliphatic heterocycles. The zero-order valence-electron chi connectivity index (χ0n) is 12.3. The van der Waals surface area contributed by atoms with E-state index in [0.29, 0.717) is 21.6 Å². The molecule has 0 aliphatic rings. The number of nitrogens with zero attached hydrogens (tertiary/aromatic N) is 5. The maximum absolute atomic E-state index is 12.5. The Morgan fingerprint density at radius 3 is 2.67 bits per heavy atom. The fraction of sp³-hybridized carbons (Fsp3) is 0.214. The third-order valence-electron chi connectivity index (χ3n) is 3.22. The summed E-state index contributed by atoms with van der Waals surface area (Å²) in [5, 5.41) is 6.81. The summed E-state index contributed by atoms with van der Waals surface area (Å²) in [6.45, 7) is 1.94. The Morgan fingerprint density at radius 1 is 1.25 bits per heavy atom. The van der Waals surface area contributed by atoms with Gasteiger partial charge >= 0.3 is 6.43 Å². The Balaban J connectivity index is 1.85. The fourth-order valence-corrected chi connectivity index (χ4v) is 2.30. The van der Waals surface area contributed by atoms with Crippen molar-refractivity contribution in [2.75, 3.05) is 0 Å². The van der Waals surface area contributed by atoms with Crippen LogP contribution in [-0.4, -0.2) is 24.7 Å². The third kappa shape index (κ3) is 3.23. The van der Waals surface area contributed by atoms with Crippen LogP contribution in [0.3, 0.4) is 0 Å². The summed E-state index contributed by atoms with van der Waals surface area (Å²) in [7, 11) is 0. The van der Waals surface area contributed by atoms with E-state index >= 15 is 0 Å². The highest BCUT2D eigenvalue weighted by molar-refractivity contribution is 9.10. The van der Waals surface area contributed by atoms with E-state index in [2.05, 4.69) is 36.1 Å². The summed E-state index contributed by atoms with van der Waals surface area (Å²) in [4.78, 5) is 20.4. The van der Waals surface area contributed by atoms with Gasteiger partial charge in [0.15, 0.2) is 0 Å². The van der Waals surface area contributed by atoms with Crippen molar-refractivity contribution in [1.29, 1.82) is 0 Å². The highest BCUT2D eigenvalue weighted by Crippen LogP contribution is 2.22. The average molecular weight is 398 g/mol. The number of pyridine rings is 1. The first kappa shape index (κ1) is 16.4. The first-order chi connectivity index (χ1) is 11.5. The van der Waals surface area contributed by atoms with Gasteiger partial charge in [0.25, 0.3) is 11.4 Å². The standard InChI is InChI=1S/C14H10BrF2N5O2/c1-7-18-5-10(15)14(23)22(7)6-9-3-2-8(4-19-9)12-20-21-13(24-12)11(16)17/h2-5,11H,6H2,1H3. The molecule has 0 bridgehead atoms. The van der Waals surface area contributed by atoms with Gasteiger partial charge in [-0.3, -0.25) is 14.3 Å². The Bertz CT molecular complexity index is 924. The van der Waals surface area contributed by atoms with E-state index in [-0.39, 0.29) is 18.0 Å². The normalized spacial score (nSPS) is 11.2. The Hall–Kier alpha value is -2.49. The second-order valence-electron chi connectivity index (χ2n) is 4.83. The molecule has 0 fully saturated rings. The lowest BCUT2D eigenvalue weighted by Crippen LogP contribution is -2.24. The largest absolute Gasteiger partial charge is 0.415 e. The number of alkyl halides is 2. The van der Waals surface area contributed by atoms with Gasteiger partial charge in [-0.2, -0.15) is 8.78 Å². The second-order valence-corrected chi connectivity index (χ2v) is 5.68. The molecule has 0 spiro atoms. The molecule has 0 aliphatic carbocycles. The molecule has 7 nitrogen and oxygen atoms in total. The molecular formula is C14H10BrF2N5O2. The molecule has 0 saturated heterocycles. The lowest BCUT2D eigenvalue weighted by Gasteiger charge is -2.09. The van der Waals surface area contributed by atoms with Crippen molar-refractivity contribution < 1.29 is 13.2 Å². The topological polar surface area (TPSA) is 86.7 Å². The smallest absolute Gasteiger partial charge is 0.314 e. The summed E-state index contributed by atoms with van der Waals surface area (Å²) < 4.78 is 31.6. The van der Waals surface area contributed by atoms with Gasteiger partial charge in [-0.05, 0) is 35.0 Å². The average Bonchev–Trinajstić information content (AvgIpc) is 3.06. The van der Waals surface area contributed by atoms with Crippen LogP contribution in [0.2, 0.25) is 0 Å². The minimum atomic E-state index is -2.82. The summed E-state index contributed by atoms with van der Waals surface area (Å²) in [6.07, 6.45) is 0.0439. The van der Waals surface area contributed by atoms with Crippen LogP contribution < -0.4 is 5.56 Å². The monoisotopic (exact) mass is 397 g/mol. The fourth-order valence-electron chi connectivity index (χ4n) is 1.98. The third-order valence-corrected chi connectivity index (χ3v) is 3.77.